The number of nitriles is 1. The zero-order valence-electron chi connectivity index (χ0n) is 20.5. The number of anilines is 1. The zero-order chi connectivity index (χ0) is 27.8. The van der Waals surface area contributed by atoms with Crippen molar-refractivity contribution >= 4 is 26.7 Å². The summed E-state index contributed by atoms with van der Waals surface area (Å²) in [7, 11) is -3.54. The number of ether oxygens (including phenoxy) is 1. The number of benzene rings is 2. The van der Waals surface area contributed by atoms with Crippen LogP contribution in [0.4, 0.5) is 23.4 Å². The number of fused-ring (bicyclic) bond motifs is 1. The van der Waals surface area contributed by atoms with Crippen LogP contribution >= 0.6 is 0 Å². The molecular weight excluding hydrogens is 524 g/mol. The first-order valence-electron chi connectivity index (χ1n) is 11.4. The Bertz CT molecular complexity index is 1650. The van der Waals surface area contributed by atoms with E-state index in [1.54, 1.807) is 19.1 Å². The summed E-state index contributed by atoms with van der Waals surface area (Å²) < 4.78 is 92.0. The number of hydrogen-bond acceptors (Lipinski definition) is 5. The van der Waals surface area contributed by atoms with E-state index in [0.717, 1.165) is 18.3 Å². The third-order valence-electron chi connectivity index (χ3n) is 6.14. The molecule has 7 nitrogen and oxygen atoms in total. The molecule has 0 saturated carbocycles. The van der Waals surface area contributed by atoms with Crippen LogP contribution in [0.25, 0.3) is 16.6 Å². The summed E-state index contributed by atoms with van der Waals surface area (Å²) in [6.07, 6.45) is -2.58. The maximum Gasteiger partial charge on any atom is 0.409 e. The second kappa shape index (κ2) is 9.98. The molecule has 0 aliphatic heterocycles. The zero-order valence-corrected chi connectivity index (χ0v) is 21.3. The number of alkyl halides is 3. The van der Waals surface area contributed by atoms with Crippen LogP contribution in [-0.2, 0) is 16.4 Å². The van der Waals surface area contributed by atoms with Crippen LogP contribution in [0.2, 0.25) is 0 Å². The number of sulfonamides is 1. The van der Waals surface area contributed by atoms with Gasteiger partial charge in [0.05, 0.1) is 18.3 Å². The number of aryl methyl sites for hydroxylation is 1. The fourth-order valence-corrected chi connectivity index (χ4v) is 5.80. The van der Waals surface area contributed by atoms with Crippen LogP contribution in [0.15, 0.2) is 65.8 Å². The summed E-state index contributed by atoms with van der Waals surface area (Å²) in [6.45, 7) is 2.38. The van der Waals surface area contributed by atoms with Crippen LogP contribution in [0, 0.1) is 17.1 Å². The second-order valence-electron chi connectivity index (χ2n) is 8.37. The highest BCUT2D eigenvalue weighted by atomic mass is 32.2. The molecule has 0 radical (unpaired) electrons. The van der Waals surface area contributed by atoms with Crippen molar-refractivity contribution in [2.24, 2.45) is 0 Å². The van der Waals surface area contributed by atoms with Gasteiger partial charge in [-0.25, -0.2) is 17.1 Å². The highest BCUT2D eigenvalue weighted by Gasteiger charge is 2.48. The highest BCUT2D eigenvalue weighted by molar-refractivity contribution is 7.92. The van der Waals surface area contributed by atoms with E-state index in [9.17, 15) is 31.2 Å². The van der Waals surface area contributed by atoms with Gasteiger partial charge in [-0.2, -0.15) is 18.4 Å². The van der Waals surface area contributed by atoms with E-state index in [1.165, 1.54) is 42.1 Å². The molecular formula is C26H22F4N4O3S. The van der Waals surface area contributed by atoms with Crippen molar-refractivity contribution in [3.05, 3.63) is 77.9 Å². The third kappa shape index (κ3) is 4.54. The van der Waals surface area contributed by atoms with Crippen molar-refractivity contribution in [2.45, 2.75) is 37.4 Å². The fraction of sp³-hybridized carbons (Fsp3) is 0.231. The number of nitrogens with zero attached hydrogens (tertiary/aromatic N) is 4. The van der Waals surface area contributed by atoms with Crippen LogP contribution < -0.4 is 9.04 Å². The average Bonchev–Trinajstić information content (AvgIpc) is 3.20. The van der Waals surface area contributed by atoms with Crippen molar-refractivity contribution in [1.82, 2.24) is 9.55 Å². The summed E-state index contributed by atoms with van der Waals surface area (Å²) in [6, 6.07) is 10.2. The van der Waals surface area contributed by atoms with E-state index in [2.05, 4.69) is 4.98 Å². The summed E-state index contributed by atoms with van der Waals surface area (Å²) in [5.74, 6) is -0.925. The van der Waals surface area contributed by atoms with E-state index in [1.807, 2.05) is 6.07 Å². The second-order valence-corrected chi connectivity index (χ2v) is 10.2. The first kappa shape index (κ1) is 26.9. The van der Waals surface area contributed by atoms with Gasteiger partial charge in [0.1, 0.15) is 40.0 Å². The molecule has 2 aromatic carbocycles. The maximum absolute atomic E-state index is 14.9. The summed E-state index contributed by atoms with van der Waals surface area (Å²) >= 11 is 0. The van der Waals surface area contributed by atoms with Gasteiger partial charge in [-0.3, -0.25) is 9.55 Å². The fourth-order valence-electron chi connectivity index (χ4n) is 4.19. The minimum atomic E-state index is -5.03. The topological polar surface area (TPSA) is 88.2 Å². The highest BCUT2D eigenvalue weighted by Crippen LogP contribution is 2.42. The molecule has 4 aromatic rings. The van der Waals surface area contributed by atoms with E-state index >= 15 is 0 Å². The maximum atomic E-state index is 14.9. The predicted octanol–water partition coefficient (Wildman–Crippen LogP) is 5.75. The van der Waals surface area contributed by atoms with E-state index < -0.39 is 44.3 Å². The Hall–Kier alpha value is -4.11. The lowest BCUT2D eigenvalue weighted by molar-refractivity contribution is -0.142. The normalized spacial score (nSPS) is 12.8. The van der Waals surface area contributed by atoms with Crippen molar-refractivity contribution in [3.8, 4) is 17.5 Å². The molecule has 38 heavy (non-hydrogen) atoms. The smallest absolute Gasteiger partial charge is 0.409 e. The molecule has 0 aliphatic rings. The lowest BCUT2D eigenvalue weighted by Crippen LogP contribution is -2.48. The Morgan fingerprint density at radius 1 is 1.18 bits per heavy atom. The molecule has 0 fully saturated rings. The van der Waals surface area contributed by atoms with Gasteiger partial charge in [0.2, 0.25) is 0 Å². The van der Waals surface area contributed by atoms with Gasteiger partial charge in [-0.1, -0.05) is 13.0 Å². The van der Waals surface area contributed by atoms with E-state index in [4.69, 9.17) is 4.74 Å². The molecule has 198 valence electrons. The largest absolute Gasteiger partial charge is 0.497 e. The van der Waals surface area contributed by atoms with Gasteiger partial charge in [0.15, 0.2) is 0 Å². The lowest BCUT2D eigenvalue weighted by atomic mass is 10.1. The number of aromatic nitrogens is 2. The first-order valence-corrected chi connectivity index (χ1v) is 12.8. The predicted molar refractivity (Wildman–Crippen MR) is 133 cm³/mol. The number of rotatable bonds is 7. The van der Waals surface area contributed by atoms with Gasteiger partial charge in [-0.15, -0.1) is 0 Å². The minimum absolute atomic E-state index is 0.0409. The van der Waals surface area contributed by atoms with Crippen molar-refractivity contribution in [3.63, 3.8) is 0 Å². The monoisotopic (exact) mass is 546 g/mol. The number of pyridine rings is 1. The number of halogens is 4. The van der Waals surface area contributed by atoms with E-state index in [0.29, 0.717) is 12.7 Å². The van der Waals surface area contributed by atoms with Crippen LogP contribution in [0.3, 0.4) is 0 Å². The Kier molecular flexibility index (Phi) is 7.08. The quantitative estimate of drug-likeness (QED) is 0.275. The van der Waals surface area contributed by atoms with Crippen molar-refractivity contribution in [1.29, 1.82) is 5.26 Å². The number of hydrogen-bond donors (Lipinski definition) is 0. The molecule has 0 spiro atoms. The molecule has 0 bridgehead atoms. The molecule has 12 heteroatoms. The summed E-state index contributed by atoms with van der Waals surface area (Å²) in [5.41, 5.74) is 0.165. The summed E-state index contributed by atoms with van der Waals surface area (Å²) in [5, 5.41) is 10.1. The van der Waals surface area contributed by atoms with Crippen LogP contribution in [0.1, 0.15) is 25.0 Å². The third-order valence-corrected chi connectivity index (χ3v) is 7.98. The van der Waals surface area contributed by atoms with Gasteiger partial charge in [0, 0.05) is 23.8 Å². The molecule has 0 N–H and O–H groups in total. The molecule has 0 unspecified atom stereocenters. The van der Waals surface area contributed by atoms with Crippen molar-refractivity contribution < 1.29 is 30.7 Å². The Morgan fingerprint density at radius 3 is 2.50 bits per heavy atom. The van der Waals surface area contributed by atoms with E-state index in [-0.39, 0.29) is 32.9 Å². The van der Waals surface area contributed by atoms with Crippen LogP contribution in [0.5, 0.6) is 5.75 Å². The van der Waals surface area contributed by atoms with Crippen molar-refractivity contribution in [2.75, 3.05) is 11.4 Å². The van der Waals surface area contributed by atoms with Crippen LogP contribution in [-0.4, -0.2) is 37.3 Å². The van der Waals surface area contributed by atoms with Gasteiger partial charge >= 0.3 is 6.18 Å². The Morgan fingerprint density at radius 2 is 1.92 bits per heavy atom. The average molecular weight is 547 g/mol. The van der Waals surface area contributed by atoms with Gasteiger partial charge in [-0.05, 0) is 55.3 Å². The number of methoxy groups -OCH3 is 1. The Labute approximate surface area is 216 Å². The molecule has 2 heterocycles. The Balaban J connectivity index is 2.23. The molecule has 2 aromatic heterocycles. The van der Waals surface area contributed by atoms with Gasteiger partial charge < -0.3 is 4.74 Å². The molecule has 0 saturated heterocycles. The summed E-state index contributed by atoms with van der Waals surface area (Å²) in [4.78, 5) is 3.24. The molecule has 0 aliphatic carbocycles. The SMILES string of the molecule is CCc1cc2c(cc1F)c(C#N)c(N([C@@H](C)C(F)(F)F)S(=O)(=O)c1cccnc1)n2-c1cccc(OC)c1. The molecule has 0 amide bonds. The molecule has 4 rings (SSSR count). The van der Waals surface area contributed by atoms with Gasteiger partial charge in [0.25, 0.3) is 10.0 Å². The minimum Gasteiger partial charge on any atom is -0.497 e. The first-order chi connectivity index (χ1) is 17.9. The molecule has 1 atom stereocenters. The lowest BCUT2D eigenvalue weighted by Gasteiger charge is -2.32. The standard InChI is InChI=1S/C26H22F4N4O3S/c1-4-17-11-24-21(13-23(17)27)22(14-31)25(33(24)18-7-5-8-19(12-18)37-3)34(16(2)26(28,29)30)38(35,36)20-9-6-10-32-15-20/h5-13,15-16H,4H2,1-3H3/t16-/m0/s1.